The Morgan fingerprint density at radius 3 is 0.977 bits per heavy atom. The van der Waals surface area contributed by atoms with Crippen molar-refractivity contribution in [3.8, 4) is 0 Å². The van der Waals surface area contributed by atoms with Gasteiger partial charge in [-0.15, -0.1) is 0 Å². The zero-order valence-corrected chi connectivity index (χ0v) is 54.3. The Hall–Kier alpha value is -2.35. The largest absolute Gasteiger partial charge is 0.462 e. The fourth-order valence-corrected chi connectivity index (χ4v) is 9.25. The number of esters is 1. The van der Waals surface area contributed by atoms with Gasteiger partial charge in [-0.3, -0.25) is 14.4 Å². The topological polar surface area (TPSA) is 258 Å². The van der Waals surface area contributed by atoms with Crippen LogP contribution in [0.5, 0.6) is 0 Å². The van der Waals surface area contributed by atoms with Gasteiger partial charge in [0, 0.05) is 20.0 Å². The Labute approximate surface area is 520 Å². The van der Waals surface area contributed by atoms with Crippen molar-refractivity contribution in [2.24, 2.45) is 5.73 Å². The molecular weight excluding hydrogens is 1110 g/mol. The predicted molar refractivity (Wildman–Crippen MR) is 336 cm³/mol. The molecule has 0 spiro atoms. The normalized spacial score (nSPS) is 13.7. The minimum Gasteiger partial charge on any atom is -0.462 e. The number of carbonyl (C=O) groups excluding carboxylic acids is 3. The van der Waals surface area contributed by atoms with Gasteiger partial charge >= 0.3 is 5.97 Å². The van der Waals surface area contributed by atoms with E-state index in [4.69, 9.17) is 67.3 Å². The summed E-state index contributed by atoms with van der Waals surface area (Å²) in [6.45, 7) is 10.6. The number of hydrogen-bond acceptors (Lipinski definition) is 20. The van der Waals surface area contributed by atoms with Crippen LogP contribution in [0.15, 0.2) is 24.3 Å². The second kappa shape index (κ2) is 65.6. The van der Waals surface area contributed by atoms with Crippen LogP contribution in [0.25, 0.3) is 0 Å². The van der Waals surface area contributed by atoms with E-state index >= 15 is 0 Å². The van der Waals surface area contributed by atoms with E-state index in [2.05, 4.69) is 38.2 Å². The van der Waals surface area contributed by atoms with Crippen LogP contribution in [0, 0.1) is 0 Å². The van der Waals surface area contributed by atoms with Gasteiger partial charge in [0.2, 0.25) is 0 Å². The number of Topliss-reactive ketones (excluding diaryl/α,β-unsaturated/α-hetero) is 2. The van der Waals surface area contributed by atoms with Gasteiger partial charge in [-0.05, 0) is 64.2 Å². The summed E-state index contributed by atoms with van der Waals surface area (Å²) in [5.41, 5.74) is -0.414. The Morgan fingerprint density at radius 1 is 0.395 bits per heavy atom. The smallest absolute Gasteiger partial charge is 0.319 e. The molecule has 0 amide bonds. The third-order valence-electron chi connectivity index (χ3n) is 14.4. The maximum absolute atomic E-state index is 14.2. The van der Waals surface area contributed by atoms with E-state index in [0.29, 0.717) is 125 Å². The summed E-state index contributed by atoms with van der Waals surface area (Å²) in [6.07, 6.45) is 35.6. The highest BCUT2D eigenvalue weighted by atomic mass is 16.6. The molecule has 3 atom stereocenters. The first-order chi connectivity index (χ1) is 42.2. The van der Waals surface area contributed by atoms with E-state index in [0.717, 1.165) is 77.0 Å². The Morgan fingerprint density at radius 2 is 0.674 bits per heavy atom. The fraction of sp³-hybridized carbons (Fsp3) is 0.894. The van der Waals surface area contributed by atoms with Gasteiger partial charge in [-0.1, -0.05) is 141 Å². The summed E-state index contributed by atoms with van der Waals surface area (Å²) in [5, 5.41) is 35.2. The molecular formula is C66H125NO19. The van der Waals surface area contributed by atoms with Crippen molar-refractivity contribution in [1.29, 1.82) is 0 Å². The van der Waals surface area contributed by atoms with Crippen molar-refractivity contribution in [2.45, 2.75) is 211 Å². The van der Waals surface area contributed by atoms with Crippen LogP contribution in [0.4, 0.5) is 0 Å². The second-order valence-corrected chi connectivity index (χ2v) is 21.7. The van der Waals surface area contributed by atoms with Crippen LogP contribution >= 0.6 is 0 Å². The molecule has 20 heteroatoms. The molecule has 0 aromatic carbocycles. The number of methoxy groups -OCH3 is 1. The quantitative estimate of drug-likeness (QED) is 0.0251. The number of nitrogens with two attached hydrogens (primary N) is 1. The van der Waals surface area contributed by atoms with E-state index in [1.165, 1.54) is 84.2 Å². The molecule has 0 heterocycles. The molecule has 5 N–H and O–H groups in total. The van der Waals surface area contributed by atoms with Gasteiger partial charge in [0.05, 0.1) is 159 Å². The monoisotopic (exact) mass is 1240 g/mol. The fourth-order valence-electron chi connectivity index (χ4n) is 9.25. The molecule has 0 bridgehead atoms. The van der Waals surface area contributed by atoms with E-state index < -0.39 is 41.4 Å². The second-order valence-electron chi connectivity index (χ2n) is 21.7. The summed E-state index contributed by atoms with van der Waals surface area (Å²) in [6, 6.07) is 0. The van der Waals surface area contributed by atoms with Crippen molar-refractivity contribution in [1.82, 2.24) is 0 Å². The third kappa shape index (κ3) is 49.4. The number of allylic oxidation sites excluding steroid dienone is 4. The molecule has 0 aromatic heterocycles. The van der Waals surface area contributed by atoms with Crippen LogP contribution in [-0.2, 0) is 76.0 Å². The van der Waals surface area contributed by atoms with Crippen molar-refractivity contribution >= 4 is 17.5 Å². The number of ether oxygens (including phenoxy) is 13. The minimum absolute atomic E-state index is 0.0673. The molecule has 0 rings (SSSR count). The molecule has 0 aromatic rings. The maximum atomic E-state index is 14.2. The average molecular weight is 1240 g/mol. The molecule has 0 fully saturated rings. The van der Waals surface area contributed by atoms with Gasteiger partial charge in [0.15, 0.2) is 22.8 Å². The lowest BCUT2D eigenvalue weighted by Gasteiger charge is -2.44. The molecule has 86 heavy (non-hydrogen) atoms. The predicted octanol–water partition coefficient (Wildman–Crippen LogP) is 9.35. The zero-order chi connectivity index (χ0) is 62.8. The van der Waals surface area contributed by atoms with Crippen LogP contribution in [0.2, 0.25) is 0 Å². The molecule has 0 aliphatic rings. The SMILES string of the molecule is CCCCCCCC/C=C\CCCCCCCC(=O)C(O)(CO)C(O)(C(=O)CCCCCCC/C=C\CCCCCCCC)C(COC)OCCOCCOCCOCCOCCOCCOCCOCCOCCOCCOCCOC(=O)CN. The number of unbranched alkanes of at least 4 members (excludes halogenated alkanes) is 22. The summed E-state index contributed by atoms with van der Waals surface area (Å²) >= 11 is 0. The standard InChI is InChI=1S/C66H125NO19/c1-4-6-8-10-12-14-16-18-20-22-24-26-28-30-32-34-61(69)65(72,60-68)66(73,62(70)35-33-31-29-27-25-23-21-19-17-15-13-11-9-7-5-2)63(59-74-3)85-56-54-83-52-50-81-48-46-79-44-42-77-40-38-75-36-37-76-39-41-78-43-45-80-47-49-82-51-53-84-55-57-86-64(71)58-67/h18-21,63,68,72-73H,4-17,22-60,67H2,1-3H3/b20-18-,21-19-. The molecule has 0 aliphatic heterocycles. The molecule has 3 unspecified atom stereocenters. The Bertz CT molecular complexity index is 1530. The Balaban J connectivity index is 4.57. The van der Waals surface area contributed by atoms with Crippen LogP contribution < -0.4 is 5.73 Å². The van der Waals surface area contributed by atoms with Gasteiger partial charge in [0.1, 0.15) is 12.7 Å². The average Bonchev–Trinajstić information content (AvgIpc) is 1.11. The van der Waals surface area contributed by atoms with Crippen molar-refractivity contribution in [2.75, 3.05) is 172 Å². The highest BCUT2D eigenvalue weighted by molar-refractivity contribution is 6.00. The molecule has 20 nitrogen and oxygen atoms in total. The first-order valence-electron chi connectivity index (χ1n) is 33.3. The number of hydrogen-bond donors (Lipinski definition) is 4. The lowest BCUT2D eigenvalue weighted by atomic mass is 9.71. The first kappa shape index (κ1) is 83.7. The van der Waals surface area contributed by atoms with Crippen LogP contribution in [0.1, 0.15) is 194 Å². The van der Waals surface area contributed by atoms with E-state index in [-0.39, 0.29) is 59.0 Å². The van der Waals surface area contributed by atoms with Crippen molar-refractivity contribution in [3.63, 3.8) is 0 Å². The number of ketones is 2. The van der Waals surface area contributed by atoms with E-state index in [9.17, 15) is 29.7 Å². The number of aliphatic hydroxyl groups excluding tert-OH is 1. The summed E-state index contributed by atoms with van der Waals surface area (Å²) < 4.78 is 71.4. The maximum Gasteiger partial charge on any atom is 0.319 e. The van der Waals surface area contributed by atoms with Crippen LogP contribution in [-0.4, -0.2) is 222 Å². The lowest BCUT2D eigenvalue weighted by molar-refractivity contribution is -0.228. The van der Waals surface area contributed by atoms with Gasteiger partial charge < -0.3 is 82.6 Å². The van der Waals surface area contributed by atoms with E-state index in [1.54, 1.807) is 0 Å². The summed E-state index contributed by atoms with van der Waals surface area (Å²) in [7, 11) is 1.38. The zero-order valence-electron chi connectivity index (χ0n) is 54.3. The minimum atomic E-state index is -2.80. The van der Waals surface area contributed by atoms with Gasteiger partial charge in [0.25, 0.3) is 0 Å². The lowest BCUT2D eigenvalue weighted by Crippen LogP contribution is -2.72. The highest BCUT2D eigenvalue weighted by Gasteiger charge is 2.62. The molecule has 508 valence electrons. The molecule has 0 saturated heterocycles. The third-order valence-corrected chi connectivity index (χ3v) is 14.4. The van der Waals surface area contributed by atoms with Crippen molar-refractivity contribution in [3.05, 3.63) is 24.3 Å². The summed E-state index contributed by atoms with van der Waals surface area (Å²) in [5.74, 6) is -2.01. The first-order valence-corrected chi connectivity index (χ1v) is 33.3. The molecule has 0 radical (unpaired) electrons. The number of aliphatic hydroxyl groups is 3. The van der Waals surface area contributed by atoms with Crippen molar-refractivity contribution < 1.29 is 91.3 Å². The van der Waals surface area contributed by atoms with Gasteiger partial charge in [-0.2, -0.15) is 0 Å². The highest BCUT2D eigenvalue weighted by Crippen LogP contribution is 2.34. The number of carbonyl (C=O) groups is 3. The van der Waals surface area contributed by atoms with Crippen LogP contribution in [0.3, 0.4) is 0 Å². The molecule has 0 saturated carbocycles. The van der Waals surface area contributed by atoms with E-state index in [1.807, 2.05) is 0 Å². The molecule has 0 aliphatic carbocycles. The Kier molecular flexibility index (Phi) is 63.8. The summed E-state index contributed by atoms with van der Waals surface area (Å²) in [4.78, 5) is 39.1. The van der Waals surface area contributed by atoms with Gasteiger partial charge in [-0.25, -0.2) is 0 Å². The number of rotatable bonds is 72.